The van der Waals surface area contributed by atoms with Gasteiger partial charge in [-0.05, 0) is 17.7 Å². The molecule has 1 aromatic carbocycles. The molecule has 1 aromatic heterocycles. The zero-order valence-corrected chi connectivity index (χ0v) is 11.3. The molecule has 0 aliphatic carbocycles. The Morgan fingerprint density at radius 2 is 1.89 bits per heavy atom. The number of carbonyl (C=O) groups is 1. The Morgan fingerprint density at radius 3 is 2.47 bits per heavy atom. The van der Waals surface area contributed by atoms with Crippen LogP contribution in [0.2, 0.25) is 0 Å². The third kappa shape index (κ3) is 3.91. The van der Waals surface area contributed by atoms with Gasteiger partial charge in [0, 0.05) is 18.0 Å². The molecular formula is C16H18N2O. The second kappa shape index (κ2) is 6.14. The predicted molar refractivity (Wildman–Crippen MR) is 77.0 cm³/mol. The monoisotopic (exact) mass is 254 g/mol. The zero-order chi connectivity index (χ0) is 13.7. The minimum Gasteiger partial charge on any atom is -0.325 e. The normalized spacial score (nSPS) is 10.5. The fourth-order valence-corrected chi connectivity index (χ4v) is 1.69. The molecule has 0 saturated heterocycles. The van der Waals surface area contributed by atoms with Crippen molar-refractivity contribution in [2.75, 3.05) is 5.32 Å². The minimum absolute atomic E-state index is 0.0117. The van der Waals surface area contributed by atoms with E-state index in [0.717, 1.165) is 17.8 Å². The number of carbonyl (C=O) groups excluding carboxylic acids is 1. The molecule has 3 nitrogen and oxygen atoms in total. The smallest absolute Gasteiger partial charge is 0.226 e. The van der Waals surface area contributed by atoms with Crippen molar-refractivity contribution < 1.29 is 4.79 Å². The predicted octanol–water partition coefficient (Wildman–Crippen LogP) is 3.27. The van der Waals surface area contributed by atoms with E-state index in [1.807, 2.05) is 44.2 Å². The van der Waals surface area contributed by atoms with Crippen molar-refractivity contribution in [2.24, 2.45) is 5.92 Å². The molecule has 0 aliphatic heterocycles. The first kappa shape index (κ1) is 13.3. The van der Waals surface area contributed by atoms with Crippen LogP contribution in [0.1, 0.15) is 25.1 Å². The Balaban J connectivity index is 2.01. The topological polar surface area (TPSA) is 42.0 Å². The van der Waals surface area contributed by atoms with Gasteiger partial charge in [-0.15, -0.1) is 0 Å². The molecule has 1 heterocycles. The molecule has 98 valence electrons. The number of benzene rings is 1. The highest BCUT2D eigenvalue weighted by Crippen LogP contribution is 2.11. The maximum absolute atomic E-state index is 11.5. The van der Waals surface area contributed by atoms with Gasteiger partial charge in [0.15, 0.2) is 0 Å². The van der Waals surface area contributed by atoms with E-state index in [9.17, 15) is 4.79 Å². The average molecular weight is 254 g/mol. The van der Waals surface area contributed by atoms with E-state index >= 15 is 0 Å². The number of aromatic nitrogens is 1. The summed E-state index contributed by atoms with van der Waals surface area (Å²) >= 11 is 0. The van der Waals surface area contributed by atoms with Crippen molar-refractivity contribution in [1.82, 2.24) is 4.98 Å². The van der Waals surface area contributed by atoms with Crippen LogP contribution in [-0.2, 0) is 11.2 Å². The second-order valence-corrected chi connectivity index (χ2v) is 4.84. The molecule has 0 radical (unpaired) electrons. The van der Waals surface area contributed by atoms with Crippen LogP contribution in [0.5, 0.6) is 0 Å². The highest BCUT2D eigenvalue weighted by Gasteiger charge is 2.07. The Morgan fingerprint density at radius 1 is 1.16 bits per heavy atom. The molecule has 0 atom stereocenters. The van der Waals surface area contributed by atoms with Crippen molar-refractivity contribution in [3.8, 4) is 0 Å². The van der Waals surface area contributed by atoms with Crippen molar-refractivity contribution in [3.05, 3.63) is 59.9 Å². The zero-order valence-electron chi connectivity index (χ0n) is 11.3. The van der Waals surface area contributed by atoms with Crippen molar-refractivity contribution >= 4 is 11.6 Å². The van der Waals surface area contributed by atoms with Gasteiger partial charge in [-0.25, -0.2) is 0 Å². The van der Waals surface area contributed by atoms with Gasteiger partial charge in [0.05, 0.1) is 11.9 Å². The van der Waals surface area contributed by atoms with Crippen LogP contribution in [0.15, 0.2) is 48.7 Å². The molecular weight excluding hydrogens is 236 g/mol. The number of hydrogen-bond donors (Lipinski definition) is 1. The van der Waals surface area contributed by atoms with Gasteiger partial charge in [0.2, 0.25) is 5.91 Å². The summed E-state index contributed by atoms with van der Waals surface area (Å²) in [7, 11) is 0. The lowest BCUT2D eigenvalue weighted by Crippen LogP contribution is -2.17. The third-order valence-corrected chi connectivity index (χ3v) is 2.84. The molecule has 0 bridgehead atoms. The van der Waals surface area contributed by atoms with Crippen LogP contribution in [0.3, 0.4) is 0 Å². The Bertz CT molecular complexity index is 532. The summed E-state index contributed by atoms with van der Waals surface area (Å²) in [5.74, 6) is -0.0124. The number of anilines is 1. The first-order valence-electron chi connectivity index (χ1n) is 6.45. The lowest BCUT2D eigenvalue weighted by Gasteiger charge is -2.08. The number of nitrogens with zero attached hydrogens (tertiary/aromatic N) is 1. The summed E-state index contributed by atoms with van der Waals surface area (Å²) in [4.78, 5) is 15.9. The second-order valence-electron chi connectivity index (χ2n) is 4.84. The van der Waals surface area contributed by atoms with Crippen molar-refractivity contribution in [2.45, 2.75) is 20.3 Å². The maximum atomic E-state index is 11.5. The minimum atomic E-state index is -0.0241. The molecule has 19 heavy (non-hydrogen) atoms. The summed E-state index contributed by atoms with van der Waals surface area (Å²) in [6.45, 7) is 3.74. The average Bonchev–Trinajstić information content (AvgIpc) is 2.42. The van der Waals surface area contributed by atoms with Crippen molar-refractivity contribution in [1.29, 1.82) is 0 Å². The molecule has 2 rings (SSSR count). The van der Waals surface area contributed by atoms with Crippen molar-refractivity contribution in [3.63, 3.8) is 0 Å². The standard InChI is InChI=1S/C16H18N2O/c1-12(2)16(19)18-15-9-8-14(17-11-15)10-13-6-4-3-5-7-13/h3-9,11-12H,10H2,1-2H3,(H,18,19). The van der Waals surface area contributed by atoms with Crippen LogP contribution in [-0.4, -0.2) is 10.9 Å². The van der Waals surface area contributed by atoms with Gasteiger partial charge in [0.25, 0.3) is 0 Å². The third-order valence-electron chi connectivity index (χ3n) is 2.84. The van der Waals surface area contributed by atoms with Crippen LogP contribution in [0, 0.1) is 5.92 Å². The van der Waals surface area contributed by atoms with Crippen LogP contribution in [0.4, 0.5) is 5.69 Å². The summed E-state index contributed by atoms with van der Waals surface area (Å²) < 4.78 is 0. The number of rotatable bonds is 4. The molecule has 0 spiro atoms. The lowest BCUT2D eigenvalue weighted by atomic mass is 10.1. The fraction of sp³-hybridized carbons (Fsp3) is 0.250. The SMILES string of the molecule is CC(C)C(=O)Nc1ccc(Cc2ccccc2)nc1. The number of nitrogens with one attached hydrogen (secondary N) is 1. The van der Waals surface area contributed by atoms with E-state index in [0.29, 0.717) is 0 Å². The van der Waals surface area contributed by atoms with E-state index in [2.05, 4.69) is 22.4 Å². The molecule has 1 amide bonds. The van der Waals surface area contributed by atoms with Crippen LogP contribution >= 0.6 is 0 Å². The van der Waals surface area contributed by atoms with E-state index in [1.54, 1.807) is 6.20 Å². The summed E-state index contributed by atoms with van der Waals surface area (Å²) in [6.07, 6.45) is 2.51. The largest absolute Gasteiger partial charge is 0.325 e. The van der Waals surface area contributed by atoms with Gasteiger partial charge in [-0.1, -0.05) is 44.2 Å². The Labute approximate surface area is 113 Å². The van der Waals surface area contributed by atoms with Gasteiger partial charge in [0.1, 0.15) is 0 Å². The summed E-state index contributed by atoms with van der Waals surface area (Å²) in [6, 6.07) is 14.0. The number of hydrogen-bond acceptors (Lipinski definition) is 2. The fourth-order valence-electron chi connectivity index (χ4n) is 1.69. The molecule has 0 fully saturated rings. The van der Waals surface area contributed by atoms with Gasteiger partial charge >= 0.3 is 0 Å². The van der Waals surface area contributed by atoms with Crippen LogP contribution < -0.4 is 5.32 Å². The van der Waals surface area contributed by atoms with E-state index in [4.69, 9.17) is 0 Å². The van der Waals surface area contributed by atoms with E-state index < -0.39 is 0 Å². The quantitative estimate of drug-likeness (QED) is 0.909. The lowest BCUT2D eigenvalue weighted by molar-refractivity contribution is -0.118. The van der Waals surface area contributed by atoms with E-state index in [1.165, 1.54) is 5.56 Å². The molecule has 0 unspecified atom stereocenters. The van der Waals surface area contributed by atoms with Gasteiger partial charge in [-0.2, -0.15) is 0 Å². The number of pyridine rings is 1. The highest BCUT2D eigenvalue weighted by atomic mass is 16.1. The molecule has 2 aromatic rings. The molecule has 0 aliphatic rings. The number of amides is 1. The first-order chi connectivity index (χ1) is 9.15. The highest BCUT2D eigenvalue weighted by molar-refractivity contribution is 5.91. The summed E-state index contributed by atoms with van der Waals surface area (Å²) in [5.41, 5.74) is 2.97. The van der Waals surface area contributed by atoms with Gasteiger partial charge < -0.3 is 5.32 Å². The summed E-state index contributed by atoms with van der Waals surface area (Å²) in [5, 5.41) is 2.83. The molecule has 1 N–H and O–H groups in total. The first-order valence-corrected chi connectivity index (χ1v) is 6.45. The van der Waals surface area contributed by atoms with Gasteiger partial charge in [-0.3, -0.25) is 9.78 Å². The maximum Gasteiger partial charge on any atom is 0.226 e. The molecule has 0 saturated carbocycles. The van der Waals surface area contributed by atoms with Crippen LogP contribution in [0.25, 0.3) is 0 Å². The van der Waals surface area contributed by atoms with E-state index in [-0.39, 0.29) is 11.8 Å². The Hall–Kier alpha value is -2.16. The Kier molecular flexibility index (Phi) is 4.29. The molecule has 3 heteroatoms.